The Kier molecular flexibility index (Phi) is 8.21. The van der Waals surface area contributed by atoms with Crippen LogP contribution in [0.2, 0.25) is 5.02 Å². The van der Waals surface area contributed by atoms with Gasteiger partial charge in [-0.25, -0.2) is 4.98 Å². The van der Waals surface area contributed by atoms with Gasteiger partial charge < -0.3 is 14.8 Å². The first-order valence-electron chi connectivity index (χ1n) is 7.88. The Hall–Kier alpha value is -0.800. The Bertz CT molecular complexity index is 717. The van der Waals surface area contributed by atoms with E-state index in [1.807, 2.05) is 30.9 Å². The molecule has 0 aliphatic heterocycles. The summed E-state index contributed by atoms with van der Waals surface area (Å²) in [7, 11) is 5.80. The van der Waals surface area contributed by atoms with E-state index >= 15 is 0 Å². The van der Waals surface area contributed by atoms with Gasteiger partial charge in [-0.15, -0.1) is 35.3 Å². The molecular weight excluding hydrogens is 469 g/mol. The lowest BCUT2D eigenvalue weighted by Crippen LogP contribution is -2.38. The van der Waals surface area contributed by atoms with Gasteiger partial charge in [-0.05, 0) is 6.07 Å². The van der Waals surface area contributed by atoms with Crippen LogP contribution in [0.1, 0.15) is 37.2 Å². The highest BCUT2D eigenvalue weighted by molar-refractivity contribution is 14.0. The van der Waals surface area contributed by atoms with Gasteiger partial charge in [0.1, 0.15) is 5.01 Å². The van der Waals surface area contributed by atoms with E-state index in [0.29, 0.717) is 6.54 Å². The largest absolute Gasteiger partial charge is 0.351 e. The van der Waals surface area contributed by atoms with Crippen molar-refractivity contribution in [3.05, 3.63) is 39.1 Å². The van der Waals surface area contributed by atoms with Crippen LogP contribution in [0.15, 0.2) is 22.6 Å². The summed E-state index contributed by atoms with van der Waals surface area (Å²) < 4.78 is 2.03. The predicted octanol–water partition coefficient (Wildman–Crippen LogP) is 4.26. The van der Waals surface area contributed by atoms with Crippen molar-refractivity contribution in [2.75, 3.05) is 14.1 Å². The quantitative estimate of drug-likeness (QED) is 0.392. The molecule has 0 fully saturated rings. The third kappa shape index (κ3) is 6.14. The van der Waals surface area contributed by atoms with E-state index in [0.717, 1.165) is 33.9 Å². The van der Waals surface area contributed by atoms with Gasteiger partial charge in [-0.3, -0.25) is 4.99 Å². The van der Waals surface area contributed by atoms with E-state index < -0.39 is 0 Å². The Labute approximate surface area is 176 Å². The maximum absolute atomic E-state index is 6.05. The van der Waals surface area contributed by atoms with E-state index in [2.05, 4.69) is 41.4 Å². The van der Waals surface area contributed by atoms with Crippen molar-refractivity contribution >= 4 is 52.9 Å². The number of thiazole rings is 1. The van der Waals surface area contributed by atoms with Gasteiger partial charge in [-0.2, -0.15) is 0 Å². The molecule has 8 heteroatoms. The Morgan fingerprint density at radius 3 is 2.60 bits per heavy atom. The van der Waals surface area contributed by atoms with Gasteiger partial charge in [0.05, 0.1) is 23.8 Å². The number of guanidine groups is 1. The third-order valence-electron chi connectivity index (χ3n) is 3.76. The number of nitrogens with zero attached hydrogens (tertiary/aromatic N) is 4. The minimum atomic E-state index is 0. The lowest BCUT2D eigenvalue weighted by molar-refractivity contribution is 0.461. The van der Waals surface area contributed by atoms with E-state index in [-0.39, 0.29) is 29.4 Å². The number of aliphatic imine (C=N–C) groups is 1. The maximum atomic E-state index is 6.05. The molecule has 0 saturated heterocycles. The van der Waals surface area contributed by atoms with E-state index in [1.165, 1.54) is 0 Å². The monoisotopic (exact) mass is 495 g/mol. The van der Waals surface area contributed by atoms with E-state index in [4.69, 9.17) is 16.6 Å². The highest BCUT2D eigenvalue weighted by Gasteiger charge is 2.17. The second-order valence-electron chi connectivity index (χ2n) is 6.89. The molecule has 2 heterocycles. The standard InChI is InChI=1S/C17H26ClN5S.HI/c1-17(2,3)14-11-24-15(21-14)8-20-16(19-4)23(6)10-13-7-12(18)9-22(13)5;/h7,9,11H,8,10H2,1-6H3,(H,19,20);1H. The average molecular weight is 496 g/mol. The van der Waals surface area contributed by atoms with Crippen LogP contribution in [0.4, 0.5) is 0 Å². The van der Waals surface area contributed by atoms with Gasteiger partial charge in [0.2, 0.25) is 0 Å². The van der Waals surface area contributed by atoms with Crippen molar-refractivity contribution in [2.45, 2.75) is 39.3 Å². The normalized spacial score (nSPS) is 12.0. The van der Waals surface area contributed by atoms with Gasteiger partial charge >= 0.3 is 0 Å². The number of aromatic nitrogens is 2. The summed E-state index contributed by atoms with van der Waals surface area (Å²) in [6, 6.07) is 1.97. The molecule has 0 unspecified atom stereocenters. The number of aryl methyl sites for hydroxylation is 1. The van der Waals surface area contributed by atoms with Gasteiger partial charge in [0, 0.05) is 43.8 Å². The number of hydrogen-bond donors (Lipinski definition) is 1. The minimum Gasteiger partial charge on any atom is -0.351 e. The lowest BCUT2D eigenvalue weighted by atomic mass is 9.93. The molecular formula is C17H27ClIN5S. The molecule has 0 amide bonds. The fourth-order valence-electron chi connectivity index (χ4n) is 2.32. The molecule has 0 bridgehead atoms. The van der Waals surface area contributed by atoms with Crippen molar-refractivity contribution in [1.82, 2.24) is 19.8 Å². The molecule has 0 spiro atoms. The fourth-order valence-corrected chi connectivity index (χ4v) is 3.55. The average Bonchev–Trinajstić information content (AvgIpc) is 3.06. The lowest BCUT2D eigenvalue weighted by Gasteiger charge is -2.22. The molecule has 140 valence electrons. The third-order valence-corrected chi connectivity index (χ3v) is 4.82. The van der Waals surface area contributed by atoms with Crippen LogP contribution in [0.5, 0.6) is 0 Å². The van der Waals surface area contributed by atoms with Crippen LogP contribution in [0, 0.1) is 0 Å². The van der Waals surface area contributed by atoms with Crippen molar-refractivity contribution in [1.29, 1.82) is 0 Å². The van der Waals surface area contributed by atoms with E-state index in [1.54, 1.807) is 18.4 Å². The molecule has 0 aromatic carbocycles. The second kappa shape index (κ2) is 9.23. The molecule has 1 N–H and O–H groups in total. The van der Waals surface area contributed by atoms with E-state index in [9.17, 15) is 0 Å². The molecule has 0 aliphatic carbocycles. The smallest absolute Gasteiger partial charge is 0.194 e. The zero-order valence-corrected chi connectivity index (χ0v) is 19.5. The van der Waals surface area contributed by atoms with Crippen LogP contribution in [-0.2, 0) is 25.6 Å². The minimum absolute atomic E-state index is 0. The summed E-state index contributed by atoms with van der Waals surface area (Å²) in [5.41, 5.74) is 2.35. The molecule has 0 radical (unpaired) electrons. The SMILES string of the molecule is CN=C(NCc1nc(C(C)(C)C)cs1)N(C)Cc1cc(Cl)cn1C.I. The number of hydrogen-bond acceptors (Lipinski definition) is 3. The van der Waals surface area contributed by atoms with Gasteiger partial charge in [0.25, 0.3) is 0 Å². The highest BCUT2D eigenvalue weighted by Crippen LogP contribution is 2.23. The zero-order valence-electron chi connectivity index (χ0n) is 15.6. The molecule has 0 atom stereocenters. The summed E-state index contributed by atoms with van der Waals surface area (Å²) in [6.07, 6.45) is 1.91. The van der Waals surface area contributed by atoms with Crippen LogP contribution >= 0.6 is 46.9 Å². The number of rotatable bonds is 4. The van der Waals surface area contributed by atoms with Crippen LogP contribution in [0.3, 0.4) is 0 Å². The van der Waals surface area contributed by atoms with Crippen molar-refractivity contribution in [3.63, 3.8) is 0 Å². The van der Waals surface area contributed by atoms with Crippen LogP contribution in [-0.4, -0.2) is 34.5 Å². The summed E-state index contributed by atoms with van der Waals surface area (Å²) in [5.74, 6) is 0.833. The maximum Gasteiger partial charge on any atom is 0.194 e. The second-order valence-corrected chi connectivity index (χ2v) is 8.27. The highest BCUT2D eigenvalue weighted by atomic mass is 127. The fraction of sp³-hybridized carbons (Fsp3) is 0.529. The first kappa shape index (κ1) is 22.2. The van der Waals surface area contributed by atoms with Crippen LogP contribution in [0.25, 0.3) is 0 Å². The Balaban J connectivity index is 0.00000312. The summed E-state index contributed by atoms with van der Waals surface area (Å²) in [5, 5.41) is 7.33. The van der Waals surface area contributed by atoms with Crippen molar-refractivity contribution in [2.24, 2.45) is 12.0 Å². The van der Waals surface area contributed by atoms with Crippen LogP contribution < -0.4 is 5.32 Å². The molecule has 2 rings (SSSR count). The molecule has 25 heavy (non-hydrogen) atoms. The first-order chi connectivity index (χ1) is 11.2. The van der Waals surface area contributed by atoms with Crippen molar-refractivity contribution < 1.29 is 0 Å². The molecule has 0 saturated carbocycles. The predicted molar refractivity (Wildman–Crippen MR) is 118 cm³/mol. The zero-order chi connectivity index (χ0) is 17.9. The number of halogens is 2. The molecule has 2 aromatic heterocycles. The molecule has 5 nitrogen and oxygen atoms in total. The molecule has 2 aromatic rings. The summed E-state index contributed by atoms with van der Waals surface area (Å²) in [6.45, 7) is 7.94. The Morgan fingerprint density at radius 2 is 2.12 bits per heavy atom. The Morgan fingerprint density at radius 1 is 1.44 bits per heavy atom. The topological polar surface area (TPSA) is 45.5 Å². The first-order valence-corrected chi connectivity index (χ1v) is 9.14. The molecule has 0 aliphatic rings. The van der Waals surface area contributed by atoms with Gasteiger partial charge in [-0.1, -0.05) is 32.4 Å². The number of nitrogens with one attached hydrogen (secondary N) is 1. The summed E-state index contributed by atoms with van der Waals surface area (Å²) >= 11 is 7.73. The van der Waals surface area contributed by atoms with Crippen molar-refractivity contribution in [3.8, 4) is 0 Å². The van der Waals surface area contributed by atoms with Gasteiger partial charge in [0.15, 0.2) is 5.96 Å². The summed E-state index contributed by atoms with van der Waals surface area (Å²) in [4.78, 5) is 11.1.